The van der Waals surface area contributed by atoms with Gasteiger partial charge < -0.3 is 15.4 Å². The van der Waals surface area contributed by atoms with Crippen molar-refractivity contribution in [3.8, 4) is 0 Å². The van der Waals surface area contributed by atoms with Crippen LogP contribution in [0.15, 0.2) is 0 Å². The van der Waals surface area contributed by atoms with Gasteiger partial charge in [0.15, 0.2) is 0 Å². The first-order valence-electron chi connectivity index (χ1n) is 5.21. The van der Waals surface area contributed by atoms with Crippen molar-refractivity contribution >= 4 is 22.3 Å². The maximum atomic E-state index is 11.9. The van der Waals surface area contributed by atoms with Crippen LogP contribution in [-0.2, 0) is 56.4 Å². The van der Waals surface area contributed by atoms with Crippen LogP contribution in [0.1, 0.15) is 12.8 Å². The summed E-state index contributed by atoms with van der Waals surface area (Å²) in [6.07, 6.45) is 0.725. The van der Waals surface area contributed by atoms with Crippen LogP contribution in [0, 0.1) is 0 Å². The molecule has 1 N–H and O–H groups in total. The first-order valence-corrected chi connectivity index (χ1v) is 6.54. The monoisotopic (exact) mass is 367 g/mol. The minimum Gasteiger partial charge on any atom is -0.666 e. The fraction of sp³-hybridized carbons (Fsp3) is 0.750. The molecule has 2 atom stereocenters. The van der Waals surface area contributed by atoms with Crippen molar-refractivity contribution in [2.75, 3.05) is 13.7 Å². The van der Waals surface area contributed by atoms with Gasteiger partial charge in [0.2, 0.25) is 0 Å². The van der Waals surface area contributed by atoms with Crippen molar-refractivity contribution in [2.45, 2.75) is 24.9 Å². The van der Waals surface area contributed by atoms with E-state index in [4.69, 9.17) is 5.73 Å². The second-order valence-electron chi connectivity index (χ2n) is 4.02. The van der Waals surface area contributed by atoms with Crippen molar-refractivity contribution in [1.82, 2.24) is 9.96 Å². The molecule has 0 aliphatic carbocycles. The van der Waals surface area contributed by atoms with Gasteiger partial charge in [-0.2, -0.15) is 13.5 Å². The second-order valence-corrected chi connectivity index (χ2v) is 5.32. The third kappa shape index (κ3) is 3.25. The molecule has 0 unspecified atom stereocenters. The van der Waals surface area contributed by atoms with Gasteiger partial charge in [0.1, 0.15) is 0 Å². The molecule has 0 saturated carbocycles. The van der Waals surface area contributed by atoms with Crippen molar-refractivity contribution < 1.29 is 59.2 Å². The first-order chi connectivity index (χ1) is 8.35. The van der Waals surface area contributed by atoms with E-state index in [2.05, 4.69) is 8.47 Å². The normalized spacial score (nSPS) is 26.3. The van der Waals surface area contributed by atoms with E-state index in [9.17, 15) is 18.0 Å². The summed E-state index contributed by atoms with van der Waals surface area (Å²) in [5.41, 5.74) is 7.06. The average molecular weight is 367 g/mol. The Morgan fingerprint density at radius 3 is 2.58 bits per heavy atom. The third-order valence-corrected chi connectivity index (χ3v) is 3.75. The number of amides is 3. The molecule has 2 fully saturated rings. The summed E-state index contributed by atoms with van der Waals surface area (Å²) in [5.74, 6) is -0.863. The van der Waals surface area contributed by atoms with Crippen LogP contribution in [0.2, 0.25) is 0 Å². The van der Waals surface area contributed by atoms with Crippen LogP contribution in [0.4, 0.5) is 4.79 Å². The van der Waals surface area contributed by atoms with Crippen molar-refractivity contribution in [3.05, 3.63) is 5.73 Å². The van der Waals surface area contributed by atoms with E-state index in [1.165, 1.54) is 0 Å². The van der Waals surface area contributed by atoms with Gasteiger partial charge in [0, 0.05) is 39.3 Å². The molecule has 0 aromatic carbocycles. The van der Waals surface area contributed by atoms with Gasteiger partial charge in [0.25, 0.3) is 0 Å². The Morgan fingerprint density at radius 2 is 2.05 bits per heavy atom. The summed E-state index contributed by atoms with van der Waals surface area (Å²) in [7, 11) is -3.35. The summed E-state index contributed by atoms with van der Waals surface area (Å²) in [5, 5.41) is 0.696. The number of nitrogens with zero attached hydrogens (tertiary/aromatic N) is 2. The molecule has 19 heavy (non-hydrogen) atoms. The van der Waals surface area contributed by atoms with E-state index >= 15 is 0 Å². The SMILES string of the molecule is COS(=O)(=O)ON1C(=O)N2C[C@H]1CC[C@H]2C([NH-])=O.[Y]. The molecule has 9 nitrogen and oxygen atoms in total. The zero-order valence-corrected chi connectivity index (χ0v) is 13.8. The number of urea groups is 1. The Morgan fingerprint density at radius 1 is 1.42 bits per heavy atom. The van der Waals surface area contributed by atoms with E-state index in [0.29, 0.717) is 17.9 Å². The van der Waals surface area contributed by atoms with Gasteiger partial charge in [-0.05, 0) is 12.8 Å². The van der Waals surface area contributed by atoms with E-state index in [-0.39, 0.29) is 39.3 Å². The van der Waals surface area contributed by atoms with Crippen molar-refractivity contribution in [3.63, 3.8) is 0 Å². The van der Waals surface area contributed by atoms with Crippen LogP contribution in [0.5, 0.6) is 0 Å². The van der Waals surface area contributed by atoms with Crippen molar-refractivity contribution in [1.29, 1.82) is 0 Å². The van der Waals surface area contributed by atoms with Crippen LogP contribution >= 0.6 is 0 Å². The summed E-state index contributed by atoms with van der Waals surface area (Å²) >= 11 is 0. The van der Waals surface area contributed by atoms with Gasteiger partial charge in [-0.1, -0.05) is 0 Å². The number of piperidine rings is 1. The summed E-state index contributed by atoms with van der Waals surface area (Å²) in [4.78, 5) is 24.1. The van der Waals surface area contributed by atoms with E-state index in [1.54, 1.807) is 0 Å². The first kappa shape index (κ1) is 16.8. The van der Waals surface area contributed by atoms with Gasteiger partial charge in [-0.15, -0.1) is 4.28 Å². The molecule has 1 radical (unpaired) electrons. The molecule has 2 aliphatic rings. The Labute approximate surface area is 135 Å². The molecule has 2 heterocycles. The Bertz CT molecular complexity index is 483. The third-order valence-electron chi connectivity index (χ3n) is 3.00. The van der Waals surface area contributed by atoms with Crippen LogP contribution in [0.25, 0.3) is 5.73 Å². The molecule has 3 amide bonds. The van der Waals surface area contributed by atoms with E-state index < -0.39 is 34.4 Å². The second kappa shape index (κ2) is 6.00. The largest absolute Gasteiger partial charge is 0.666 e. The number of hydroxylamine groups is 2. The van der Waals surface area contributed by atoms with Gasteiger partial charge in [0.05, 0.1) is 25.1 Å². The summed E-state index contributed by atoms with van der Waals surface area (Å²) in [6.45, 7) is 0.174. The van der Waals surface area contributed by atoms with Crippen LogP contribution < -0.4 is 0 Å². The smallest absolute Gasteiger partial charge is 0.420 e. The maximum absolute atomic E-state index is 11.9. The number of fused-ring (bicyclic) bond motifs is 2. The number of hydrogen-bond donors (Lipinski definition) is 0. The predicted octanol–water partition coefficient (Wildman–Crippen LogP) is -0.346. The molecule has 2 aliphatic heterocycles. The molecule has 0 aromatic rings. The van der Waals surface area contributed by atoms with Crippen molar-refractivity contribution in [2.24, 2.45) is 0 Å². The molecule has 2 saturated heterocycles. The van der Waals surface area contributed by atoms with Crippen LogP contribution in [0.3, 0.4) is 0 Å². The number of rotatable bonds is 4. The average Bonchev–Trinajstić information content (AvgIpc) is 2.54. The van der Waals surface area contributed by atoms with E-state index in [0.717, 1.165) is 12.0 Å². The number of nitrogens with one attached hydrogen (secondary N) is 1. The van der Waals surface area contributed by atoms with Crippen LogP contribution in [-0.4, -0.2) is 56.1 Å². The van der Waals surface area contributed by atoms with Gasteiger partial charge in [-0.25, -0.2) is 4.79 Å². The molecule has 2 rings (SSSR count). The molecular weight excluding hydrogens is 355 g/mol. The minimum atomic E-state index is -4.27. The molecule has 11 heteroatoms. The molecule has 0 aromatic heterocycles. The summed E-state index contributed by atoms with van der Waals surface area (Å²) in [6, 6.07) is -2.01. The number of carbonyl (C=O) groups excluding carboxylic acids is 2. The fourth-order valence-corrected chi connectivity index (χ4v) is 2.57. The molecule has 105 valence electrons. The van der Waals surface area contributed by atoms with E-state index in [1.807, 2.05) is 0 Å². The Kier molecular flexibility index (Phi) is 5.30. The van der Waals surface area contributed by atoms with Gasteiger partial charge in [-0.3, -0.25) is 4.18 Å². The summed E-state index contributed by atoms with van der Waals surface area (Å²) < 4.78 is 30.9. The molecule has 2 bridgehead atoms. The standard InChI is InChI=1S/C8H13N3O6S.Y/c1-16-18(14,15)17-11-5-2-3-6(7(9)12)10(4-5)8(11)13;/h5-6H,2-4H2,1H3,(H2,9,12);/p-1/t5-,6+;/m1./s1. The zero-order valence-electron chi connectivity index (χ0n) is 10.1. The topological polar surface area (TPSA) is 117 Å². The quantitative estimate of drug-likeness (QED) is 0.671. The molecule has 0 spiro atoms. The molecular formula is C8H12N3O6SY-. The predicted molar refractivity (Wildman–Crippen MR) is 57.1 cm³/mol. The number of hydrogen-bond acceptors (Lipinski definition) is 6. The maximum Gasteiger partial charge on any atom is 0.420 e. The fourth-order valence-electron chi connectivity index (χ4n) is 2.13. The minimum absolute atomic E-state index is 0. The Hall–Kier alpha value is -0.286. The number of carbonyl (C=O) groups is 2. The van der Waals surface area contributed by atoms with Gasteiger partial charge >= 0.3 is 16.4 Å². The Balaban J connectivity index is 0.00000180. The zero-order chi connectivity index (χ0) is 13.5.